The molecule has 2 rings (SSSR count). The molecule has 0 atom stereocenters. The lowest BCUT2D eigenvalue weighted by atomic mass is 9.84. The van der Waals surface area contributed by atoms with Gasteiger partial charge in [0.1, 0.15) is 5.82 Å². The van der Waals surface area contributed by atoms with Crippen LogP contribution in [0.4, 0.5) is 10.1 Å². The van der Waals surface area contributed by atoms with Gasteiger partial charge in [-0.2, -0.15) is 0 Å². The third kappa shape index (κ3) is 6.50. The molecule has 1 heterocycles. The summed E-state index contributed by atoms with van der Waals surface area (Å²) in [5, 5.41) is 2.79. The lowest BCUT2D eigenvalue weighted by molar-refractivity contribution is -0.134. The summed E-state index contributed by atoms with van der Waals surface area (Å²) < 4.78 is 18.8. The van der Waals surface area contributed by atoms with E-state index in [1.807, 2.05) is 29.7 Å². The standard InChI is InChI=1S/C20H30FN3O3/c1-20(2,14-18(25)22-8-13-27-3)15-19(26)24-11-9-23(10-12-24)17-7-5-4-6-16(17)21/h4-7H,8-15H2,1-3H3,(H,22,25). The van der Waals surface area contributed by atoms with Crippen molar-refractivity contribution >= 4 is 17.5 Å². The van der Waals surface area contributed by atoms with E-state index in [1.165, 1.54) is 6.07 Å². The van der Waals surface area contributed by atoms with Gasteiger partial charge in [-0.3, -0.25) is 9.59 Å². The molecule has 150 valence electrons. The van der Waals surface area contributed by atoms with Crippen LogP contribution in [0.15, 0.2) is 24.3 Å². The lowest BCUT2D eigenvalue weighted by Crippen LogP contribution is -2.49. The summed E-state index contributed by atoms with van der Waals surface area (Å²) in [6, 6.07) is 6.70. The molecule has 1 aliphatic heterocycles. The van der Waals surface area contributed by atoms with E-state index in [0.29, 0.717) is 51.4 Å². The number of hydrogen-bond donors (Lipinski definition) is 1. The number of carbonyl (C=O) groups excluding carboxylic acids is 2. The van der Waals surface area contributed by atoms with Crippen LogP contribution in [0.3, 0.4) is 0 Å². The molecule has 1 aromatic carbocycles. The Bertz CT molecular complexity index is 643. The van der Waals surface area contributed by atoms with Crippen LogP contribution in [0.1, 0.15) is 26.7 Å². The molecule has 1 saturated heterocycles. The van der Waals surface area contributed by atoms with Crippen molar-refractivity contribution in [1.29, 1.82) is 0 Å². The predicted octanol–water partition coefficient (Wildman–Crippen LogP) is 2.04. The van der Waals surface area contributed by atoms with Crippen LogP contribution in [0, 0.1) is 11.2 Å². The smallest absolute Gasteiger partial charge is 0.223 e. The van der Waals surface area contributed by atoms with Gasteiger partial charge in [0.15, 0.2) is 0 Å². The molecule has 0 saturated carbocycles. The first-order chi connectivity index (χ1) is 12.8. The van der Waals surface area contributed by atoms with Crippen molar-refractivity contribution in [3.8, 4) is 0 Å². The number of amides is 2. The minimum absolute atomic E-state index is 0.0397. The molecule has 0 aliphatic carbocycles. The number of anilines is 1. The summed E-state index contributed by atoms with van der Waals surface area (Å²) in [6.07, 6.45) is 0.599. The molecule has 0 spiro atoms. The zero-order valence-electron chi connectivity index (χ0n) is 16.5. The molecule has 6 nitrogen and oxygen atoms in total. The van der Waals surface area contributed by atoms with Crippen molar-refractivity contribution in [1.82, 2.24) is 10.2 Å². The van der Waals surface area contributed by atoms with Crippen LogP contribution in [0.5, 0.6) is 0 Å². The highest BCUT2D eigenvalue weighted by molar-refractivity contribution is 5.80. The molecule has 27 heavy (non-hydrogen) atoms. The zero-order valence-corrected chi connectivity index (χ0v) is 16.5. The number of hydrogen-bond acceptors (Lipinski definition) is 4. The van der Waals surface area contributed by atoms with Gasteiger partial charge in [0.25, 0.3) is 0 Å². The molecule has 1 aliphatic rings. The molecular formula is C20H30FN3O3. The fraction of sp³-hybridized carbons (Fsp3) is 0.600. The van der Waals surface area contributed by atoms with E-state index >= 15 is 0 Å². The Morgan fingerprint density at radius 1 is 1.15 bits per heavy atom. The minimum atomic E-state index is -0.420. The molecule has 0 unspecified atom stereocenters. The first kappa shape index (κ1) is 21.2. The van der Waals surface area contributed by atoms with Gasteiger partial charge >= 0.3 is 0 Å². The maximum atomic E-state index is 13.9. The number of benzene rings is 1. The van der Waals surface area contributed by atoms with Gasteiger partial charge in [-0.25, -0.2) is 4.39 Å². The predicted molar refractivity (Wildman–Crippen MR) is 103 cm³/mol. The molecule has 0 radical (unpaired) electrons. The van der Waals surface area contributed by atoms with Crippen LogP contribution in [-0.2, 0) is 14.3 Å². The van der Waals surface area contributed by atoms with E-state index in [4.69, 9.17) is 4.74 Å². The summed E-state index contributed by atoms with van der Waals surface area (Å²) in [4.78, 5) is 28.4. The van der Waals surface area contributed by atoms with Crippen molar-refractivity contribution in [3.05, 3.63) is 30.1 Å². The Morgan fingerprint density at radius 3 is 2.44 bits per heavy atom. The number of nitrogens with zero attached hydrogens (tertiary/aromatic N) is 2. The number of carbonyl (C=O) groups is 2. The molecule has 0 bridgehead atoms. The van der Waals surface area contributed by atoms with Crippen LogP contribution in [-0.4, -0.2) is 63.2 Å². The van der Waals surface area contributed by atoms with Gasteiger partial charge in [0.05, 0.1) is 12.3 Å². The van der Waals surface area contributed by atoms with Crippen molar-refractivity contribution in [2.24, 2.45) is 5.41 Å². The first-order valence-electron chi connectivity index (χ1n) is 9.35. The molecule has 1 N–H and O–H groups in total. The number of nitrogens with one attached hydrogen (secondary N) is 1. The topological polar surface area (TPSA) is 61.9 Å². The van der Waals surface area contributed by atoms with Gasteiger partial charge in [0.2, 0.25) is 11.8 Å². The highest BCUT2D eigenvalue weighted by atomic mass is 19.1. The van der Waals surface area contributed by atoms with Crippen LogP contribution < -0.4 is 10.2 Å². The van der Waals surface area contributed by atoms with Gasteiger partial charge in [-0.1, -0.05) is 26.0 Å². The van der Waals surface area contributed by atoms with Crippen molar-refractivity contribution in [2.45, 2.75) is 26.7 Å². The molecule has 1 fully saturated rings. The van der Waals surface area contributed by atoms with E-state index in [9.17, 15) is 14.0 Å². The number of para-hydroxylation sites is 1. The molecule has 2 amide bonds. The Balaban J connectivity index is 1.81. The average Bonchev–Trinajstić information content (AvgIpc) is 2.61. The monoisotopic (exact) mass is 379 g/mol. The van der Waals surface area contributed by atoms with Gasteiger partial charge < -0.3 is 19.9 Å². The van der Waals surface area contributed by atoms with Gasteiger partial charge in [0, 0.05) is 52.7 Å². The average molecular weight is 379 g/mol. The Labute approximate surface area is 160 Å². The third-order valence-corrected chi connectivity index (χ3v) is 4.72. The number of ether oxygens (including phenoxy) is 1. The Kier molecular flexibility index (Phi) is 7.59. The summed E-state index contributed by atoms with van der Waals surface area (Å²) in [6.45, 7) is 7.11. The molecule has 7 heteroatoms. The quantitative estimate of drug-likeness (QED) is 0.702. The second kappa shape index (κ2) is 9.69. The molecule has 1 aromatic rings. The maximum Gasteiger partial charge on any atom is 0.223 e. The summed E-state index contributed by atoms with van der Waals surface area (Å²) >= 11 is 0. The van der Waals surface area contributed by atoms with E-state index in [1.54, 1.807) is 19.2 Å². The Morgan fingerprint density at radius 2 is 1.81 bits per heavy atom. The number of piperazine rings is 1. The first-order valence-corrected chi connectivity index (χ1v) is 9.35. The van der Waals surface area contributed by atoms with Crippen LogP contribution >= 0.6 is 0 Å². The fourth-order valence-corrected chi connectivity index (χ4v) is 3.28. The van der Waals surface area contributed by atoms with E-state index in [0.717, 1.165) is 0 Å². The summed E-state index contributed by atoms with van der Waals surface area (Å²) in [5.41, 5.74) is 0.161. The SMILES string of the molecule is COCCNC(=O)CC(C)(C)CC(=O)N1CCN(c2ccccc2F)CC1. The van der Waals surface area contributed by atoms with E-state index in [-0.39, 0.29) is 24.1 Å². The van der Waals surface area contributed by atoms with Gasteiger partial charge in [-0.05, 0) is 17.5 Å². The van der Waals surface area contributed by atoms with Crippen molar-refractivity contribution in [2.75, 3.05) is 51.3 Å². The largest absolute Gasteiger partial charge is 0.383 e. The summed E-state index contributed by atoms with van der Waals surface area (Å²) in [5.74, 6) is -0.273. The normalized spacial score (nSPS) is 15.0. The van der Waals surface area contributed by atoms with Crippen LogP contribution in [0.25, 0.3) is 0 Å². The maximum absolute atomic E-state index is 13.9. The van der Waals surface area contributed by atoms with E-state index < -0.39 is 5.41 Å². The third-order valence-electron chi connectivity index (χ3n) is 4.72. The van der Waals surface area contributed by atoms with Crippen molar-refractivity contribution < 1.29 is 18.7 Å². The minimum Gasteiger partial charge on any atom is -0.383 e. The van der Waals surface area contributed by atoms with Crippen LogP contribution in [0.2, 0.25) is 0 Å². The van der Waals surface area contributed by atoms with Gasteiger partial charge in [-0.15, -0.1) is 0 Å². The molecule has 0 aromatic heterocycles. The number of halogens is 1. The van der Waals surface area contributed by atoms with Crippen molar-refractivity contribution in [3.63, 3.8) is 0 Å². The van der Waals surface area contributed by atoms with E-state index in [2.05, 4.69) is 5.32 Å². The molecular weight excluding hydrogens is 349 g/mol. The second-order valence-electron chi connectivity index (χ2n) is 7.68. The zero-order chi connectivity index (χ0) is 19.9. The lowest BCUT2D eigenvalue weighted by Gasteiger charge is -2.37. The highest BCUT2D eigenvalue weighted by Crippen LogP contribution is 2.27. The summed E-state index contributed by atoms with van der Waals surface area (Å²) in [7, 11) is 1.58. The second-order valence-corrected chi connectivity index (χ2v) is 7.68. The number of methoxy groups -OCH3 is 1. The Hall–Kier alpha value is -2.15. The number of rotatable bonds is 8. The fourth-order valence-electron chi connectivity index (χ4n) is 3.28. The highest BCUT2D eigenvalue weighted by Gasteiger charge is 2.29.